The molecule has 5 nitrogen and oxygen atoms in total. The minimum atomic E-state index is -0.709. The molecule has 3 heterocycles. The maximum atomic E-state index is 14.6. The zero-order valence-electron chi connectivity index (χ0n) is 13.4. The van der Waals surface area contributed by atoms with Crippen LogP contribution < -0.4 is 0 Å². The van der Waals surface area contributed by atoms with E-state index in [1.807, 2.05) is 0 Å². The topological polar surface area (TPSA) is 43.6 Å². The van der Waals surface area contributed by atoms with Crippen molar-refractivity contribution in [3.05, 3.63) is 40.4 Å². The van der Waals surface area contributed by atoms with E-state index in [1.54, 1.807) is 17.1 Å². The molecule has 1 aromatic carbocycles. The molecule has 4 rings (SSSR count). The number of aliphatic imine (C=N–C) groups is 1. The van der Waals surface area contributed by atoms with Gasteiger partial charge in [-0.25, -0.2) is 4.39 Å². The first-order valence-electron chi connectivity index (χ1n) is 7.97. The number of guanidine groups is 1. The van der Waals surface area contributed by atoms with E-state index in [4.69, 9.17) is 23.2 Å². The Bertz CT molecular complexity index is 823. The highest BCUT2D eigenvalue weighted by atomic mass is 127. The van der Waals surface area contributed by atoms with E-state index in [2.05, 4.69) is 23.3 Å². The van der Waals surface area contributed by atoms with Crippen molar-refractivity contribution in [1.82, 2.24) is 9.91 Å². The fourth-order valence-corrected chi connectivity index (χ4v) is 4.86. The van der Waals surface area contributed by atoms with Crippen molar-refractivity contribution in [2.24, 2.45) is 17.4 Å². The second-order valence-corrected chi connectivity index (χ2v) is 8.33. The normalized spacial score (nSPS) is 21.1. The maximum Gasteiger partial charge on any atom is 0.260 e. The summed E-state index contributed by atoms with van der Waals surface area (Å²) in [7, 11) is 0. The third kappa shape index (κ3) is 3.10. The molecule has 3 aliphatic rings. The minimum absolute atomic E-state index is 0.205. The lowest BCUT2D eigenvalue weighted by Gasteiger charge is -2.38. The van der Waals surface area contributed by atoms with Gasteiger partial charge in [0.2, 0.25) is 0 Å². The quantitative estimate of drug-likeness (QED) is 0.532. The van der Waals surface area contributed by atoms with Crippen molar-refractivity contribution in [1.29, 1.82) is 0 Å². The molecule has 0 spiro atoms. The van der Waals surface area contributed by atoms with Crippen molar-refractivity contribution < 1.29 is 4.39 Å². The molecule has 132 valence electrons. The first-order valence-corrected chi connectivity index (χ1v) is 10.7. The Labute approximate surface area is 165 Å². The Morgan fingerprint density at radius 3 is 2.72 bits per heavy atom. The number of hydrogen-bond acceptors (Lipinski definition) is 5. The second-order valence-electron chi connectivity index (χ2n) is 6.21. The number of allylic oxidation sites excluding steroid dienone is 1. The van der Waals surface area contributed by atoms with E-state index in [9.17, 15) is 4.39 Å². The molecule has 0 bridgehead atoms. The predicted molar refractivity (Wildman–Crippen MR) is 107 cm³/mol. The molecule has 0 N–H and O–H groups in total. The molecular formula is C16H15Cl2FIN5. The summed E-state index contributed by atoms with van der Waals surface area (Å²) in [6, 6.07) is 4.62. The summed E-state index contributed by atoms with van der Waals surface area (Å²) in [5.41, 5.74) is 0.763. The van der Waals surface area contributed by atoms with Gasteiger partial charge in [-0.15, -0.1) is 3.25 Å². The van der Waals surface area contributed by atoms with Crippen molar-refractivity contribution in [2.45, 2.75) is 19.8 Å². The largest absolute Gasteiger partial charge is 0.356 e. The van der Waals surface area contributed by atoms with Gasteiger partial charge in [0.1, 0.15) is 16.8 Å². The number of hydrogen-bond donors (Lipinski definition) is 0. The Kier molecular flexibility index (Phi) is 4.81. The molecule has 3 aliphatic heterocycles. The number of likely N-dealkylation sites (tertiary alicyclic amines) is 1. The van der Waals surface area contributed by atoms with Crippen LogP contribution in [0.4, 0.5) is 4.39 Å². The highest BCUT2D eigenvalue weighted by molar-refractivity contribution is 14.1. The van der Waals surface area contributed by atoms with Crippen LogP contribution in [-0.4, -0.2) is 34.1 Å². The predicted octanol–water partition coefficient (Wildman–Crippen LogP) is 5.19. The summed E-state index contributed by atoms with van der Waals surface area (Å²) in [6.45, 7) is 3.95. The SMILES string of the molecule is CC1CCN(C2=C(c3c(F)cccc3Cl)C(Cl)=NC3=NI=NN32)CC1. The molecule has 0 radical (unpaired) electrons. The van der Waals surface area contributed by atoms with Crippen LogP contribution in [0.25, 0.3) is 5.57 Å². The first-order chi connectivity index (χ1) is 12.1. The molecule has 1 saturated heterocycles. The summed E-state index contributed by atoms with van der Waals surface area (Å²) >= 11 is 12.1. The van der Waals surface area contributed by atoms with Gasteiger partial charge < -0.3 is 4.90 Å². The van der Waals surface area contributed by atoms with Crippen LogP contribution in [0.5, 0.6) is 0 Å². The van der Waals surface area contributed by atoms with Crippen molar-refractivity contribution in [3.63, 3.8) is 0 Å². The van der Waals surface area contributed by atoms with E-state index in [1.165, 1.54) is 6.07 Å². The highest BCUT2D eigenvalue weighted by Crippen LogP contribution is 2.40. The molecule has 0 amide bonds. The van der Waals surface area contributed by atoms with Crippen LogP contribution in [-0.2, 0) is 0 Å². The van der Waals surface area contributed by atoms with Crippen molar-refractivity contribution >= 4 is 61.2 Å². The monoisotopic (exact) mass is 493 g/mol. The summed E-state index contributed by atoms with van der Waals surface area (Å²) < 4.78 is 23.5. The summed E-state index contributed by atoms with van der Waals surface area (Å²) in [5.74, 6) is 1.48. The Balaban J connectivity index is 1.91. The second kappa shape index (κ2) is 6.92. The van der Waals surface area contributed by atoms with Gasteiger partial charge >= 0.3 is 0 Å². The molecule has 1 fully saturated rings. The number of piperidine rings is 1. The summed E-state index contributed by atoms with van der Waals surface area (Å²) in [5, 5.41) is 2.23. The van der Waals surface area contributed by atoms with Gasteiger partial charge in [0.05, 0.1) is 10.6 Å². The molecule has 25 heavy (non-hydrogen) atoms. The Hall–Kier alpha value is -1.06. The zero-order valence-corrected chi connectivity index (χ0v) is 17.1. The van der Waals surface area contributed by atoms with E-state index < -0.39 is 27.1 Å². The Morgan fingerprint density at radius 1 is 1.24 bits per heavy atom. The number of fused-ring (bicyclic) bond motifs is 1. The molecule has 0 aliphatic carbocycles. The molecule has 9 heteroatoms. The highest BCUT2D eigenvalue weighted by Gasteiger charge is 2.36. The number of halogens is 4. The zero-order chi connectivity index (χ0) is 17.6. The standard InChI is InChI=1S/C16H15Cl2FIN5/c1-9-5-7-24(8-6-9)15-13(12-10(17)3-2-4-11(12)19)14(18)21-16-22-20-23-25(15)16/h2-4,9H,5-8H2,1H3. The van der Waals surface area contributed by atoms with E-state index >= 15 is 0 Å². The third-order valence-corrected chi connectivity index (χ3v) is 6.40. The lowest BCUT2D eigenvalue weighted by molar-refractivity contribution is 0.200. The molecule has 0 saturated carbocycles. The summed E-state index contributed by atoms with van der Waals surface area (Å²) in [4.78, 5) is 6.52. The van der Waals surface area contributed by atoms with Crippen molar-refractivity contribution in [2.75, 3.05) is 13.1 Å². The molecule has 0 atom stereocenters. The summed E-state index contributed by atoms with van der Waals surface area (Å²) in [6.07, 6.45) is 2.12. The van der Waals surface area contributed by atoms with Crippen LogP contribution in [0.3, 0.4) is 0 Å². The number of benzene rings is 1. The van der Waals surface area contributed by atoms with Gasteiger partial charge in [-0.05, 0) is 30.9 Å². The van der Waals surface area contributed by atoms with E-state index in [-0.39, 0.29) is 10.7 Å². The van der Waals surface area contributed by atoms with Gasteiger partial charge in [0.15, 0.2) is 21.3 Å². The van der Waals surface area contributed by atoms with Gasteiger partial charge in [-0.2, -0.15) is 13.2 Å². The maximum absolute atomic E-state index is 14.6. The third-order valence-electron chi connectivity index (χ3n) is 4.54. The van der Waals surface area contributed by atoms with Crippen LogP contribution in [0.1, 0.15) is 25.3 Å². The van der Waals surface area contributed by atoms with Crippen LogP contribution >= 0.6 is 44.5 Å². The number of rotatable bonds is 2. The Morgan fingerprint density at radius 2 is 2.00 bits per heavy atom. The smallest absolute Gasteiger partial charge is 0.260 e. The van der Waals surface area contributed by atoms with Crippen LogP contribution in [0.2, 0.25) is 5.02 Å². The van der Waals surface area contributed by atoms with Crippen molar-refractivity contribution in [3.8, 4) is 0 Å². The van der Waals surface area contributed by atoms with Gasteiger partial charge in [-0.3, -0.25) is 0 Å². The number of nitrogens with zero attached hydrogens (tertiary/aromatic N) is 5. The molecular weight excluding hydrogens is 479 g/mol. The molecule has 1 aromatic rings. The van der Waals surface area contributed by atoms with E-state index in [0.717, 1.165) is 31.8 Å². The minimum Gasteiger partial charge on any atom is -0.356 e. The van der Waals surface area contributed by atoms with Gasteiger partial charge in [0.25, 0.3) is 5.96 Å². The fraction of sp³-hybridized carbons (Fsp3) is 0.375. The van der Waals surface area contributed by atoms with Crippen LogP contribution in [0, 0.1) is 11.7 Å². The average Bonchev–Trinajstić information content (AvgIpc) is 3.03. The van der Waals surface area contributed by atoms with Gasteiger partial charge in [0, 0.05) is 18.7 Å². The van der Waals surface area contributed by atoms with Crippen LogP contribution in [0.15, 0.2) is 35.5 Å². The molecule has 0 unspecified atom stereocenters. The van der Waals surface area contributed by atoms with E-state index in [0.29, 0.717) is 22.5 Å². The average molecular weight is 494 g/mol. The lowest BCUT2D eigenvalue weighted by atomic mass is 9.97. The first kappa shape index (κ1) is 17.4. The fourth-order valence-electron chi connectivity index (χ4n) is 3.16. The lowest BCUT2D eigenvalue weighted by Crippen LogP contribution is -2.42. The molecule has 0 aromatic heterocycles. The van der Waals surface area contributed by atoms with Gasteiger partial charge in [-0.1, -0.05) is 36.2 Å².